The maximum atomic E-state index is 12.4. The SMILES string of the molecule is CC(=O)c1cccc(NC(=O)N2CCN(Cc3ccco3)CC2)c1. The average Bonchev–Trinajstić information content (AvgIpc) is 3.08. The summed E-state index contributed by atoms with van der Waals surface area (Å²) in [4.78, 5) is 27.8. The van der Waals surface area contributed by atoms with Gasteiger partial charge in [0.15, 0.2) is 5.78 Å². The molecule has 1 N–H and O–H groups in total. The number of furan rings is 1. The molecule has 1 aromatic heterocycles. The predicted molar refractivity (Wildman–Crippen MR) is 91.0 cm³/mol. The first-order chi connectivity index (χ1) is 11.6. The van der Waals surface area contributed by atoms with Crippen LogP contribution in [0.15, 0.2) is 47.1 Å². The van der Waals surface area contributed by atoms with Gasteiger partial charge >= 0.3 is 6.03 Å². The number of piperazine rings is 1. The monoisotopic (exact) mass is 327 g/mol. The molecule has 2 heterocycles. The molecule has 0 unspecified atom stereocenters. The predicted octanol–water partition coefficient (Wildman–Crippen LogP) is 2.83. The second-order valence-corrected chi connectivity index (χ2v) is 5.91. The lowest BCUT2D eigenvalue weighted by Gasteiger charge is -2.34. The van der Waals surface area contributed by atoms with Gasteiger partial charge in [-0.3, -0.25) is 9.69 Å². The minimum atomic E-state index is -0.131. The number of rotatable bonds is 4. The van der Waals surface area contributed by atoms with Gasteiger partial charge in [0.25, 0.3) is 0 Å². The third-order valence-corrected chi connectivity index (χ3v) is 4.14. The van der Waals surface area contributed by atoms with Crippen LogP contribution in [0.3, 0.4) is 0 Å². The molecular weight excluding hydrogens is 306 g/mol. The van der Waals surface area contributed by atoms with E-state index in [9.17, 15) is 9.59 Å². The van der Waals surface area contributed by atoms with E-state index in [1.54, 1.807) is 35.4 Å². The van der Waals surface area contributed by atoms with E-state index in [2.05, 4.69) is 10.2 Å². The van der Waals surface area contributed by atoms with Gasteiger partial charge in [-0.25, -0.2) is 4.79 Å². The van der Waals surface area contributed by atoms with E-state index in [1.165, 1.54) is 6.92 Å². The summed E-state index contributed by atoms with van der Waals surface area (Å²) >= 11 is 0. The fourth-order valence-corrected chi connectivity index (χ4v) is 2.75. The topological polar surface area (TPSA) is 65.8 Å². The summed E-state index contributed by atoms with van der Waals surface area (Å²) < 4.78 is 5.36. The van der Waals surface area contributed by atoms with Crippen molar-refractivity contribution in [1.29, 1.82) is 0 Å². The molecule has 126 valence electrons. The zero-order valence-electron chi connectivity index (χ0n) is 13.7. The average molecular weight is 327 g/mol. The van der Waals surface area contributed by atoms with Crippen LogP contribution < -0.4 is 5.32 Å². The van der Waals surface area contributed by atoms with Gasteiger partial charge in [-0.15, -0.1) is 0 Å². The molecule has 2 amide bonds. The second-order valence-electron chi connectivity index (χ2n) is 5.91. The number of hydrogen-bond donors (Lipinski definition) is 1. The summed E-state index contributed by atoms with van der Waals surface area (Å²) in [5.41, 5.74) is 1.24. The molecule has 0 atom stereocenters. The third kappa shape index (κ3) is 4.02. The number of Topliss-reactive ketones (excluding diaryl/α,β-unsaturated/α-hetero) is 1. The van der Waals surface area contributed by atoms with Crippen LogP contribution in [-0.2, 0) is 6.54 Å². The highest BCUT2D eigenvalue weighted by Gasteiger charge is 2.21. The van der Waals surface area contributed by atoms with Crippen molar-refractivity contribution < 1.29 is 14.0 Å². The number of nitrogens with one attached hydrogen (secondary N) is 1. The molecule has 0 spiro atoms. The van der Waals surface area contributed by atoms with E-state index in [-0.39, 0.29) is 11.8 Å². The number of carbonyl (C=O) groups excluding carboxylic acids is 2. The van der Waals surface area contributed by atoms with Gasteiger partial charge in [-0.05, 0) is 31.2 Å². The zero-order chi connectivity index (χ0) is 16.9. The molecule has 6 nitrogen and oxygen atoms in total. The van der Waals surface area contributed by atoms with Crippen molar-refractivity contribution in [2.75, 3.05) is 31.5 Å². The molecule has 0 radical (unpaired) electrons. The molecule has 1 fully saturated rings. The summed E-state index contributed by atoms with van der Waals surface area (Å²) in [6.07, 6.45) is 1.67. The summed E-state index contributed by atoms with van der Waals surface area (Å²) in [5.74, 6) is 0.923. The van der Waals surface area contributed by atoms with Crippen LogP contribution in [0, 0.1) is 0 Å². The Morgan fingerprint density at radius 3 is 2.58 bits per heavy atom. The van der Waals surface area contributed by atoms with Crippen molar-refractivity contribution in [3.05, 3.63) is 54.0 Å². The molecule has 0 bridgehead atoms. The van der Waals surface area contributed by atoms with E-state index in [0.29, 0.717) is 24.3 Å². The molecule has 3 rings (SSSR count). The normalized spacial score (nSPS) is 15.3. The van der Waals surface area contributed by atoms with Crippen LogP contribution in [0.25, 0.3) is 0 Å². The molecule has 0 saturated carbocycles. The molecule has 1 saturated heterocycles. The van der Waals surface area contributed by atoms with Crippen molar-refractivity contribution in [3.63, 3.8) is 0 Å². The Balaban J connectivity index is 1.52. The van der Waals surface area contributed by atoms with Crippen LogP contribution in [0.4, 0.5) is 10.5 Å². The number of urea groups is 1. The molecule has 6 heteroatoms. The van der Waals surface area contributed by atoms with Gasteiger partial charge in [0, 0.05) is 37.4 Å². The lowest BCUT2D eigenvalue weighted by atomic mass is 10.1. The van der Waals surface area contributed by atoms with Crippen LogP contribution >= 0.6 is 0 Å². The summed E-state index contributed by atoms with van der Waals surface area (Å²) in [7, 11) is 0. The lowest BCUT2D eigenvalue weighted by Crippen LogP contribution is -2.49. The Morgan fingerprint density at radius 1 is 1.12 bits per heavy atom. The first-order valence-electron chi connectivity index (χ1n) is 8.03. The van der Waals surface area contributed by atoms with Crippen molar-refractivity contribution in [2.45, 2.75) is 13.5 Å². The molecule has 1 aliphatic rings. The van der Waals surface area contributed by atoms with Gasteiger partial charge in [0.05, 0.1) is 12.8 Å². The number of hydrogen-bond acceptors (Lipinski definition) is 4. The first kappa shape index (κ1) is 16.3. The third-order valence-electron chi connectivity index (χ3n) is 4.14. The van der Waals surface area contributed by atoms with Crippen LogP contribution in [0.1, 0.15) is 23.0 Å². The Morgan fingerprint density at radius 2 is 1.92 bits per heavy atom. The van der Waals surface area contributed by atoms with Crippen molar-refractivity contribution in [1.82, 2.24) is 9.80 Å². The Bertz CT molecular complexity index is 704. The first-order valence-corrected chi connectivity index (χ1v) is 8.03. The number of carbonyl (C=O) groups is 2. The minimum Gasteiger partial charge on any atom is -0.468 e. The Labute approximate surface area is 141 Å². The fourth-order valence-electron chi connectivity index (χ4n) is 2.75. The van der Waals surface area contributed by atoms with Crippen LogP contribution in [-0.4, -0.2) is 47.8 Å². The summed E-state index contributed by atoms with van der Waals surface area (Å²) in [5, 5.41) is 2.87. The summed E-state index contributed by atoms with van der Waals surface area (Å²) in [6.45, 7) is 5.23. The van der Waals surface area contributed by atoms with Gasteiger partial charge in [-0.1, -0.05) is 12.1 Å². The van der Waals surface area contributed by atoms with Gasteiger partial charge in [0.2, 0.25) is 0 Å². The van der Waals surface area contributed by atoms with E-state index in [1.807, 2.05) is 12.1 Å². The molecule has 1 aromatic carbocycles. The van der Waals surface area contributed by atoms with Gasteiger partial charge < -0.3 is 14.6 Å². The van der Waals surface area contributed by atoms with Crippen molar-refractivity contribution in [2.24, 2.45) is 0 Å². The van der Waals surface area contributed by atoms with E-state index in [0.717, 1.165) is 25.4 Å². The molecular formula is C18H21N3O3. The smallest absolute Gasteiger partial charge is 0.321 e. The van der Waals surface area contributed by atoms with Gasteiger partial charge in [-0.2, -0.15) is 0 Å². The Hall–Kier alpha value is -2.60. The molecule has 1 aliphatic heterocycles. The number of amides is 2. The van der Waals surface area contributed by atoms with Crippen molar-refractivity contribution in [3.8, 4) is 0 Å². The lowest BCUT2D eigenvalue weighted by molar-refractivity contribution is 0.101. The molecule has 24 heavy (non-hydrogen) atoms. The maximum absolute atomic E-state index is 12.4. The summed E-state index contributed by atoms with van der Waals surface area (Å²) in [6, 6.07) is 10.7. The molecule has 0 aliphatic carbocycles. The number of nitrogens with zero attached hydrogens (tertiary/aromatic N) is 2. The number of anilines is 1. The van der Waals surface area contributed by atoms with Crippen LogP contribution in [0.2, 0.25) is 0 Å². The zero-order valence-corrected chi connectivity index (χ0v) is 13.7. The van der Waals surface area contributed by atoms with Gasteiger partial charge in [0.1, 0.15) is 5.76 Å². The molecule has 2 aromatic rings. The number of benzene rings is 1. The highest BCUT2D eigenvalue weighted by molar-refractivity contribution is 5.96. The Kier molecular flexibility index (Phi) is 4.96. The highest BCUT2D eigenvalue weighted by Crippen LogP contribution is 2.14. The van der Waals surface area contributed by atoms with E-state index < -0.39 is 0 Å². The van der Waals surface area contributed by atoms with E-state index in [4.69, 9.17) is 4.42 Å². The highest BCUT2D eigenvalue weighted by atomic mass is 16.3. The number of ketones is 1. The van der Waals surface area contributed by atoms with E-state index >= 15 is 0 Å². The maximum Gasteiger partial charge on any atom is 0.321 e. The fraction of sp³-hybridized carbons (Fsp3) is 0.333. The standard InChI is InChI=1S/C18H21N3O3/c1-14(22)15-4-2-5-16(12-15)19-18(23)21-9-7-20(8-10-21)13-17-6-3-11-24-17/h2-6,11-12H,7-10,13H2,1H3,(H,19,23). The quantitative estimate of drug-likeness (QED) is 0.877. The minimum absolute atomic E-state index is 0.0161. The van der Waals surface area contributed by atoms with Crippen molar-refractivity contribution >= 4 is 17.5 Å². The second kappa shape index (κ2) is 7.31. The largest absolute Gasteiger partial charge is 0.468 e. The van der Waals surface area contributed by atoms with Crippen LogP contribution in [0.5, 0.6) is 0 Å².